The first-order chi connectivity index (χ1) is 14.0. The van der Waals surface area contributed by atoms with E-state index in [0.29, 0.717) is 57.9 Å². The predicted octanol–water partition coefficient (Wildman–Crippen LogP) is 4.10. The molecular weight excluding hydrogens is 394 g/mol. The number of hydrogen-bond acceptors (Lipinski definition) is 5. The molecule has 0 aliphatic carbocycles. The second-order valence-corrected chi connectivity index (χ2v) is 6.74. The Bertz CT molecular complexity index is 1110. The fraction of sp³-hybridized carbons (Fsp3) is 0.273. The van der Waals surface area contributed by atoms with Gasteiger partial charge in [0.05, 0.1) is 38.0 Å². The Kier molecular flexibility index (Phi) is 6.44. The van der Waals surface area contributed by atoms with Crippen molar-refractivity contribution < 1.29 is 19.0 Å². The van der Waals surface area contributed by atoms with E-state index >= 15 is 0 Å². The summed E-state index contributed by atoms with van der Waals surface area (Å²) in [6.07, 6.45) is 0.605. The number of methoxy groups -OCH3 is 3. The highest BCUT2D eigenvalue weighted by molar-refractivity contribution is 6.17. The van der Waals surface area contributed by atoms with Crippen molar-refractivity contribution in [3.63, 3.8) is 0 Å². The van der Waals surface area contributed by atoms with Crippen LogP contribution in [0, 0.1) is 0 Å². The van der Waals surface area contributed by atoms with Gasteiger partial charge in [0.25, 0.3) is 5.56 Å². The maximum absolute atomic E-state index is 13.4. The predicted molar refractivity (Wildman–Crippen MR) is 113 cm³/mol. The highest BCUT2D eigenvalue weighted by Gasteiger charge is 2.19. The summed E-state index contributed by atoms with van der Waals surface area (Å²) in [6, 6.07) is 12.3. The number of benzene rings is 2. The fourth-order valence-corrected chi connectivity index (χ4v) is 3.46. The van der Waals surface area contributed by atoms with E-state index in [1.807, 2.05) is 12.1 Å². The van der Waals surface area contributed by atoms with Gasteiger partial charge in [0.1, 0.15) is 0 Å². The van der Waals surface area contributed by atoms with Crippen molar-refractivity contribution in [2.45, 2.75) is 13.0 Å². The zero-order valence-corrected chi connectivity index (χ0v) is 17.3. The smallest absolute Gasteiger partial charge is 0.338 e. The van der Waals surface area contributed by atoms with Crippen LogP contribution in [0.25, 0.3) is 22.0 Å². The lowest BCUT2D eigenvalue weighted by Gasteiger charge is -2.17. The van der Waals surface area contributed by atoms with Crippen LogP contribution in [0.15, 0.2) is 47.3 Å². The molecule has 0 aliphatic heterocycles. The first-order valence-corrected chi connectivity index (χ1v) is 9.62. The molecule has 0 unspecified atom stereocenters. The Morgan fingerprint density at radius 2 is 1.72 bits per heavy atom. The number of carbonyl (C=O) groups excluding carboxylic acids is 1. The SMILES string of the molecule is COC(=O)c1ccccc1-c1cc2cc(OC)c(OC)cc2c(=O)n1CCCCl. The second-order valence-electron chi connectivity index (χ2n) is 6.36. The molecule has 0 atom stereocenters. The quantitative estimate of drug-likeness (QED) is 0.429. The van der Waals surface area contributed by atoms with Gasteiger partial charge >= 0.3 is 5.97 Å². The topological polar surface area (TPSA) is 66.8 Å². The summed E-state index contributed by atoms with van der Waals surface area (Å²) in [5.41, 5.74) is 1.42. The maximum Gasteiger partial charge on any atom is 0.338 e. The number of ether oxygens (including phenoxy) is 3. The molecule has 0 saturated carbocycles. The van der Waals surface area contributed by atoms with E-state index in [9.17, 15) is 9.59 Å². The Hall–Kier alpha value is -2.99. The minimum Gasteiger partial charge on any atom is -0.493 e. The van der Waals surface area contributed by atoms with Crippen molar-refractivity contribution >= 4 is 28.3 Å². The molecule has 0 spiro atoms. The Morgan fingerprint density at radius 1 is 1.03 bits per heavy atom. The lowest BCUT2D eigenvalue weighted by atomic mass is 10.0. The molecule has 0 saturated heterocycles. The fourth-order valence-electron chi connectivity index (χ4n) is 3.34. The number of alkyl halides is 1. The summed E-state index contributed by atoms with van der Waals surface area (Å²) in [4.78, 5) is 25.7. The van der Waals surface area contributed by atoms with E-state index in [2.05, 4.69) is 0 Å². The summed E-state index contributed by atoms with van der Waals surface area (Å²) in [5.74, 6) is 0.937. The van der Waals surface area contributed by atoms with Crippen molar-refractivity contribution in [1.29, 1.82) is 0 Å². The number of nitrogens with zero attached hydrogens (tertiary/aromatic N) is 1. The van der Waals surface area contributed by atoms with Crippen LogP contribution in [0.5, 0.6) is 11.5 Å². The summed E-state index contributed by atoms with van der Waals surface area (Å²) in [6.45, 7) is 0.414. The van der Waals surface area contributed by atoms with Crippen molar-refractivity contribution in [1.82, 2.24) is 4.57 Å². The van der Waals surface area contributed by atoms with E-state index in [1.54, 1.807) is 42.0 Å². The van der Waals surface area contributed by atoms with Crippen molar-refractivity contribution in [2.75, 3.05) is 27.2 Å². The molecule has 0 fully saturated rings. The van der Waals surface area contributed by atoms with Gasteiger partial charge in [-0.05, 0) is 36.1 Å². The number of pyridine rings is 1. The molecular formula is C22H22ClNO5. The number of esters is 1. The molecule has 3 rings (SSSR count). The average Bonchev–Trinajstić information content (AvgIpc) is 2.76. The molecule has 1 aromatic heterocycles. The molecule has 7 heteroatoms. The van der Waals surface area contributed by atoms with Crippen LogP contribution in [0.1, 0.15) is 16.8 Å². The molecule has 0 bridgehead atoms. The third-order valence-electron chi connectivity index (χ3n) is 4.74. The van der Waals surface area contributed by atoms with E-state index in [0.717, 1.165) is 0 Å². The van der Waals surface area contributed by atoms with Crippen molar-refractivity contribution in [3.8, 4) is 22.8 Å². The number of halogens is 1. The number of fused-ring (bicyclic) bond motifs is 1. The zero-order valence-electron chi connectivity index (χ0n) is 16.5. The molecule has 0 aliphatic rings. The first kappa shape index (κ1) is 20.7. The van der Waals surface area contributed by atoms with Crippen LogP contribution >= 0.6 is 11.6 Å². The number of carbonyl (C=O) groups is 1. The monoisotopic (exact) mass is 415 g/mol. The van der Waals surface area contributed by atoms with Crippen LogP contribution in [0.4, 0.5) is 0 Å². The van der Waals surface area contributed by atoms with Crippen LogP contribution in [0.3, 0.4) is 0 Å². The van der Waals surface area contributed by atoms with Gasteiger partial charge in [0.2, 0.25) is 0 Å². The first-order valence-electron chi connectivity index (χ1n) is 9.09. The van der Waals surface area contributed by atoms with Crippen molar-refractivity contribution in [2.24, 2.45) is 0 Å². The Labute approximate surface area is 173 Å². The normalized spacial score (nSPS) is 10.8. The van der Waals surface area contributed by atoms with Crippen molar-refractivity contribution in [3.05, 3.63) is 58.4 Å². The molecule has 29 heavy (non-hydrogen) atoms. The zero-order chi connectivity index (χ0) is 21.0. The van der Waals surface area contributed by atoms with E-state index in [1.165, 1.54) is 14.2 Å². The highest BCUT2D eigenvalue weighted by atomic mass is 35.5. The van der Waals surface area contributed by atoms with Gasteiger partial charge in [-0.1, -0.05) is 18.2 Å². The standard InChI is InChI=1S/C22H22ClNO5/c1-27-19-12-14-11-18(15-7-4-5-8-16(15)22(26)29-3)24(10-6-9-23)21(25)17(14)13-20(19)28-2/h4-5,7-8,11-13H,6,9-10H2,1-3H3. The van der Waals surface area contributed by atoms with Crippen LogP contribution < -0.4 is 15.0 Å². The second kappa shape index (κ2) is 9.01. The lowest BCUT2D eigenvalue weighted by molar-refractivity contribution is 0.0601. The minimum absolute atomic E-state index is 0.191. The average molecular weight is 416 g/mol. The molecule has 3 aromatic rings. The van der Waals surface area contributed by atoms with E-state index < -0.39 is 5.97 Å². The third kappa shape index (κ3) is 3.93. The van der Waals surface area contributed by atoms with Gasteiger partial charge in [-0.15, -0.1) is 11.6 Å². The molecule has 0 N–H and O–H groups in total. The summed E-state index contributed by atoms with van der Waals surface area (Å²) in [5, 5.41) is 1.18. The Balaban J connectivity index is 2.37. The molecule has 0 radical (unpaired) electrons. The molecule has 152 valence electrons. The molecule has 1 heterocycles. The third-order valence-corrected chi connectivity index (χ3v) is 5.01. The maximum atomic E-state index is 13.4. The Morgan fingerprint density at radius 3 is 2.38 bits per heavy atom. The van der Waals surface area contributed by atoms with Crippen LogP contribution in [-0.2, 0) is 11.3 Å². The highest BCUT2D eigenvalue weighted by Crippen LogP contribution is 2.33. The molecule has 0 amide bonds. The lowest BCUT2D eigenvalue weighted by Crippen LogP contribution is -2.23. The van der Waals surface area contributed by atoms with Gasteiger partial charge in [-0.2, -0.15) is 0 Å². The molecule has 6 nitrogen and oxygen atoms in total. The number of aromatic nitrogens is 1. The van der Waals surface area contributed by atoms with Crippen LogP contribution in [-0.4, -0.2) is 37.7 Å². The summed E-state index contributed by atoms with van der Waals surface area (Å²) in [7, 11) is 4.40. The molecule has 2 aromatic carbocycles. The van der Waals surface area contributed by atoms with E-state index in [-0.39, 0.29) is 5.56 Å². The van der Waals surface area contributed by atoms with Gasteiger partial charge in [-0.3, -0.25) is 4.79 Å². The summed E-state index contributed by atoms with van der Waals surface area (Å²) >= 11 is 5.89. The minimum atomic E-state index is -0.468. The van der Waals surface area contributed by atoms with Crippen LogP contribution in [0.2, 0.25) is 0 Å². The van der Waals surface area contributed by atoms with E-state index in [4.69, 9.17) is 25.8 Å². The largest absolute Gasteiger partial charge is 0.493 e. The van der Waals surface area contributed by atoms with Gasteiger partial charge in [0.15, 0.2) is 11.5 Å². The number of rotatable bonds is 7. The van der Waals surface area contributed by atoms with Gasteiger partial charge in [-0.25, -0.2) is 4.79 Å². The van der Waals surface area contributed by atoms with Gasteiger partial charge in [0, 0.05) is 18.0 Å². The summed E-state index contributed by atoms with van der Waals surface area (Å²) < 4.78 is 17.3. The van der Waals surface area contributed by atoms with Gasteiger partial charge < -0.3 is 18.8 Å². The number of hydrogen-bond donors (Lipinski definition) is 0.